The molecule has 0 aromatic heterocycles. The van der Waals surface area contributed by atoms with Crippen LogP contribution in [0.15, 0.2) is 35.1 Å². The van der Waals surface area contributed by atoms with Crippen LogP contribution in [0.1, 0.15) is 32.8 Å². The molecular formula is C17H20O5. The van der Waals surface area contributed by atoms with Gasteiger partial charge in [-0.05, 0) is 50.5 Å². The van der Waals surface area contributed by atoms with Gasteiger partial charge in [-0.15, -0.1) is 0 Å². The first-order valence-electron chi connectivity index (χ1n) is 7.17. The van der Waals surface area contributed by atoms with Crippen LogP contribution in [-0.2, 0) is 9.47 Å². The highest BCUT2D eigenvalue weighted by Gasteiger charge is 2.19. The Balaban J connectivity index is 2.27. The summed E-state index contributed by atoms with van der Waals surface area (Å²) in [5.74, 6) is -0.0401. The molecule has 0 N–H and O–H groups in total. The van der Waals surface area contributed by atoms with Gasteiger partial charge in [-0.25, -0.2) is 4.79 Å². The third kappa shape index (κ3) is 4.70. The van der Waals surface area contributed by atoms with Crippen molar-refractivity contribution in [3.8, 4) is 5.75 Å². The molecule has 118 valence electrons. The van der Waals surface area contributed by atoms with Crippen molar-refractivity contribution < 1.29 is 19.0 Å². The Bertz CT molecular complexity index is 640. The van der Waals surface area contributed by atoms with E-state index >= 15 is 0 Å². The minimum Gasteiger partial charge on any atom is -0.428 e. The van der Waals surface area contributed by atoms with Crippen LogP contribution in [-0.4, -0.2) is 25.0 Å². The molecule has 0 bridgehead atoms. The van der Waals surface area contributed by atoms with E-state index in [0.717, 1.165) is 17.6 Å². The van der Waals surface area contributed by atoms with Crippen LogP contribution in [0.2, 0.25) is 0 Å². The standard InChI is InChI=1S/C17H20O5/c1-17(2,3)22-16(19)21-15-11-13(5-4-6-14(15)18)12-7-9-20-10-8-12/h4-7,11H,8-10H2,1-3H3. The van der Waals surface area contributed by atoms with Gasteiger partial charge in [0, 0.05) is 0 Å². The van der Waals surface area contributed by atoms with Crippen LogP contribution < -0.4 is 10.2 Å². The Morgan fingerprint density at radius 3 is 2.68 bits per heavy atom. The van der Waals surface area contributed by atoms with Gasteiger partial charge in [0.25, 0.3) is 0 Å². The maximum Gasteiger partial charge on any atom is 0.514 e. The van der Waals surface area contributed by atoms with Crippen LogP contribution in [0, 0.1) is 0 Å². The van der Waals surface area contributed by atoms with Crippen molar-refractivity contribution in [1.29, 1.82) is 0 Å². The molecule has 0 saturated carbocycles. The van der Waals surface area contributed by atoms with Crippen LogP contribution >= 0.6 is 0 Å². The minimum atomic E-state index is -0.886. The molecule has 0 atom stereocenters. The summed E-state index contributed by atoms with van der Waals surface area (Å²) in [7, 11) is 0. The van der Waals surface area contributed by atoms with Crippen LogP contribution in [0.4, 0.5) is 4.79 Å². The molecule has 0 saturated heterocycles. The van der Waals surface area contributed by atoms with Crippen LogP contribution in [0.25, 0.3) is 5.57 Å². The summed E-state index contributed by atoms with van der Waals surface area (Å²) in [5, 5.41) is 0. The zero-order valence-corrected chi connectivity index (χ0v) is 13.0. The Kier molecular flexibility index (Phi) is 4.98. The van der Waals surface area contributed by atoms with Crippen molar-refractivity contribution in [2.24, 2.45) is 0 Å². The van der Waals surface area contributed by atoms with Gasteiger partial charge in [0.1, 0.15) is 5.60 Å². The second kappa shape index (κ2) is 6.75. The second-order valence-corrected chi connectivity index (χ2v) is 5.97. The molecule has 0 unspecified atom stereocenters. The average Bonchev–Trinajstić information content (AvgIpc) is 2.60. The molecule has 0 spiro atoms. The number of carbonyl (C=O) groups is 1. The predicted octanol–water partition coefficient (Wildman–Crippen LogP) is 3.16. The Hall–Kier alpha value is -2.14. The molecule has 1 heterocycles. The number of ether oxygens (including phenoxy) is 3. The zero-order valence-electron chi connectivity index (χ0n) is 13.0. The summed E-state index contributed by atoms with van der Waals surface area (Å²) in [6, 6.07) is 6.41. The summed E-state index contributed by atoms with van der Waals surface area (Å²) >= 11 is 0. The van der Waals surface area contributed by atoms with Crippen molar-refractivity contribution in [1.82, 2.24) is 0 Å². The third-order valence-electron chi connectivity index (χ3n) is 2.97. The number of carbonyl (C=O) groups excluding carboxylic acids is 1. The molecular weight excluding hydrogens is 284 g/mol. The van der Waals surface area contributed by atoms with E-state index < -0.39 is 11.8 Å². The molecule has 5 heteroatoms. The van der Waals surface area contributed by atoms with Crippen LogP contribution in [0.3, 0.4) is 0 Å². The third-order valence-corrected chi connectivity index (χ3v) is 2.97. The predicted molar refractivity (Wildman–Crippen MR) is 83.0 cm³/mol. The maximum atomic E-state index is 12.0. The molecule has 22 heavy (non-hydrogen) atoms. The summed E-state index contributed by atoms with van der Waals surface area (Å²) in [6.45, 7) is 6.37. The smallest absolute Gasteiger partial charge is 0.428 e. The van der Waals surface area contributed by atoms with E-state index in [9.17, 15) is 9.59 Å². The Morgan fingerprint density at radius 2 is 2.05 bits per heavy atom. The fourth-order valence-corrected chi connectivity index (χ4v) is 2.01. The first-order valence-corrected chi connectivity index (χ1v) is 7.17. The lowest BCUT2D eigenvalue weighted by molar-refractivity contribution is 0.0204. The summed E-state index contributed by atoms with van der Waals surface area (Å²) in [6.07, 6.45) is 1.83. The van der Waals surface area contributed by atoms with Gasteiger partial charge < -0.3 is 14.2 Å². The van der Waals surface area contributed by atoms with Gasteiger partial charge in [0.2, 0.25) is 5.43 Å². The molecule has 0 fully saturated rings. The highest BCUT2D eigenvalue weighted by molar-refractivity contribution is 5.69. The summed E-state index contributed by atoms with van der Waals surface area (Å²) in [5.41, 5.74) is 0.855. The maximum absolute atomic E-state index is 12.0. The summed E-state index contributed by atoms with van der Waals surface area (Å²) in [4.78, 5) is 23.7. The van der Waals surface area contributed by atoms with E-state index in [0.29, 0.717) is 13.2 Å². The van der Waals surface area contributed by atoms with Gasteiger partial charge in [-0.2, -0.15) is 0 Å². The number of hydrogen-bond acceptors (Lipinski definition) is 5. The van der Waals surface area contributed by atoms with Crippen LogP contribution in [0.5, 0.6) is 5.75 Å². The van der Waals surface area contributed by atoms with E-state index in [4.69, 9.17) is 14.2 Å². The first-order chi connectivity index (χ1) is 10.3. The lowest BCUT2D eigenvalue weighted by atomic mass is 10.0. The van der Waals surface area contributed by atoms with E-state index in [1.165, 1.54) is 6.07 Å². The zero-order chi connectivity index (χ0) is 16.2. The van der Waals surface area contributed by atoms with Gasteiger partial charge in [-0.1, -0.05) is 18.2 Å². The lowest BCUT2D eigenvalue weighted by Gasteiger charge is -2.18. The number of rotatable bonds is 2. The molecule has 1 aliphatic heterocycles. The SMILES string of the molecule is CC(C)(C)OC(=O)Oc1cc(C2=CCOCC2)cccc1=O. The van der Waals surface area contributed by atoms with Gasteiger partial charge in [0.05, 0.1) is 13.2 Å². The molecule has 0 aliphatic carbocycles. The second-order valence-electron chi connectivity index (χ2n) is 5.97. The average molecular weight is 304 g/mol. The topological polar surface area (TPSA) is 61.8 Å². The van der Waals surface area contributed by atoms with E-state index in [-0.39, 0.29) is 11.2 Å². The van der Waals surface area contributed by atoms with Crippen molar-refractivity contribution >= 4 is 11.7 Å². The Morgan fingerprint density at radius 1 is 1.27 bits per heavy atom. The first kappa shape index (κ1) is 16.2. The molecule has 1 aliphatic rings. The highest BCUT2D eigenvalue weighted by atomic mass is 16.7. The monoisotopic (exact) mass is 304 g/mol. The van der Waals surface area contributed by atoms with Crippen molar-refractivity contribution in [3.63, 3.8) is 0 Å². The normalized spacial score (nSPS) is 15.0. The molecule has 2 rings (SSSR count). The van der Waals surface area contributed by atoms with Gasteiger partial charge >= 0.3 is 6.16 Å². The van der Waals surface area contributed by atoms with Crippen molar-refractivity contribution in [2.75, 3.05) is 13.2 Å². The quantitative estimate of drug-likeness (QED) is 0.785. The van der Waals surface area contributed by atoms with Gasteiger partial charge in [-0.3, -0.25) is 4.79 Å². The minimum absolute atomic E-state index is 0.0401. The van der Waals surface area contributed by atoms with E-state index in [2.05, 4.69) is 0 Å². The lowest BCUT2D eigenvalue weighted by Crippen LogP contribution is -2.27. The molecule has 1 aromatic carbocycles. The van der Waals surface area contributed by atoms with Crippen molar-refractivity contribution in [3.05, 3.63) is 46.1 Å². The molecule has 0 amide bonds. The molecule has 1 aromatic rings. The molecule has 5 nitrogen and oxygen atoms in total. The van der Waals surface area contributed by atoms with E-state index in [1.807, 2.05) is 12.1 Å². The summed E-state index contributed by atoms with van der Waals surface area (Å²) < 4.78 is 15.4. The largest absolute Gasteiger partial charge is 0.514 e. The van der Waals surface area contributed by atoms with Crippen molar-refractivity contribution in [2.45, 2.75) is 32.8 Å². The Labute approximate surface area is 129 Å². The fraction of sp³-hybridized carbons (Fsp3) is 0.412. The highest BCUT2D eigenvalue weighted by Crippen LogP contribution is 2.22. The fourth-order valence-electron chi connectivity index (χ4n) is 2.01. The van der Waals surface area contributed by atoms with Gasteiger partial charge in [0.15, 0.2) is 5.75 Å². The van der Waals surface area contributed by atoms with E-state index in [1.54, 1.807) is 32.9 Å². The number of hydrogen-bond donors (Lipinski definition) is 0. The molecule has 0 radical (unpaired) electrons.